The summed E-state index contributed by atoms with van der Waals surface area (Å²) in [6, 6.07) is 0. The average Bonchev–Trinajstić information content (AvgIpc) is 3.21. The molecule has 1 aliphatic carbocycles. The number of hydrogen-bond acceptors (Lipinski definition) is 9. The van der Waals surface area contributed by atoms with Crippen LogP contribution in [-0.2, 0) is 32.9 Å². The lowest BCUT2D eigenvalue weighted by atomic mass is 9.88. The lowest BCUT2D eigenvalue weighted by Crippen LogP contribution is -2.29. The average molecular weight is 635 g/mol. The number of unbranched alkanes of at least 4 members (excludes halogenated alkanes) is 9. The molecule has 1 saturated carbocycles. The number of ether oxygens (including phenoxy) is 2. The Balaban J connectivity index is 2.40. The van der Waals surface area contributed by atoms with Crippen LogP contribution < -0.4 is 0 Å². The third kappa shape index (κ3) is 19.4. The summed E-state index contributed by atoms with van der Waals surface area (Å²) < 4.78 is 26.0. The normalized spacial score (nSPS) is 20.4. The van der Waals surface area contributed by atoms with E-state index in [9.17, 15) is 29.2 Å². The molecule has 0 aromatic heterocycles. The maximum absolute atomic E-state index is 12.5. The molecule has 0 spiro atoms. The third-order valence-electron chi connectivity index (χ3n) is 7.68. The topological polar surface area (TPSA) is 177 Å². The van der Waals surface area contributed by atoms with E-state index in [2.05, 4.69) is 18.4 Å². The number of esters is 2. The van der Waals surface area contributed by atoms with E-state index in [4.69, 9.17) is 19.3 Å². The standard InChI is InChI=1S/C31H55O11P/c1-3-5-7-8-13-17-30(35)40-22-25(23-41-43(37,38)39)42-31(36)18-14-10-9-12-16-26-27(29(34)21-28(26)33)20-19-24(32)15-11-6-4-2/h19-20,24-27,29,32,34H,3-18,21-23H2,1-2H3,(H2,37,38,39)/b20-19+/t24-,25+,26+,27+,29+/m0/s1. The van der Waals surface area contributed by atoms with E-state index in [1.165, 1.54) is 0 Å². The van der Waals surface area contributed by atoms with Crippen molar-refractivity contribution < 1.29 is 52.9 Å². The highest BCUT2D eigenvalue weighted by molar-refractivity contribution is 7.46. The highest BCUT2D eigenvalue weighted by Crippen LogP contribution is 2.36. The molecular formula is C31H55O11P. The van der Waals surface area contributed by atoms with Crippen molar-refractivity contribution in [2.75, 3.05) is 13.2 Å². The highest BCUT2D eigenvalue weighted by Gasteiger charge is 2.39. The Morgan fingerprint density at radius 3 is 2.16 bits per heavy atom. The summed E-state index contributed by atoms with van der Waals surface area (Å²) in [6.45, 7) is 3.24. The van der Waals surface area contributed by atoms with Gasteiger partial charge in [-0.2, -0.15) is 0 Å². The Morgan fingerprint density at radius 1 is 0.907 bits per heavy atom. The molecule has 0 aliphatic heterocycles. The van der Waals surface area contributed by atoms with Gasteiger partial charge in [-0.05, 0) is 25.7 Å². The fraction of sp³-hybridized carbons (Fsp3) is 0.839. The highest BCUT2D eigenvalue weighted by atomic mass is 31.2. The van der Waals surface area contributed by atoms with Gasteiger partial charge in [-0.15, -0.1) is 0 Å². The number of carbonyl (C=O) groups is 3. The lowest BCUT2D eigenvalue weighted by molar-refractivity contribution is -0.161. The molecule has 4 N–H and O–H groups in total. The van der Waals surface area contributed by atoms with Gasteiger partial charge in [0.25, 0.3) is 0 Å². The van der Waals surface area contributed by atoms with Gasteiger partial charge in [-0.25, -0.2) is 4.57 Å². The SMILES string of the molecule is CCCCCCCC(=O)OC[C@H](COP(=O)(O)O)OC(=O)CCCCCC[C@H]1C(=O)C[C@@H](O)[C@@H]1/C=C/[C@@H](O)CCCCC. The number of ketones is 1. The van der Waals surface area contributed by atoms with Gasteiger partial charge in [0.15, 0.2) is 6.10 Å². The van der Waals surface area contributed by atoms with Crippen molar-refractivity contribution >= 4 is 25.5 Å². The van der Waals surface area contributed by atoms with Gasteiger partial charge in [0.1, 0.15) is 12.4 Å². The largest absolute Gasteiger partial charge is 0.469 e. The molecule has 0 radical (unpaired) electrons. The summed E-state index contributed by atoms with van der Waals surface area (Å²) >= 11 is 0. The minimum absolute atomic E-state index is 0.0342. The third-order valence-corrected chi connectivity index (χ3v) is 8.16. The molecule has 0 aromatic carbocycles. The van der Waals surface area contributed by atoms with Gasteiger partial charge < -0.3 is 29.5 Å². The summed E-state index contributed by atoms with van der Waals surface area (Å²) in [7, 11) is -4.80. The number of aliphatic hydroxyl groups is 2. The van der Waals surface area contributed by atoms with Crippen molar-refractivity contribution in [3.8, 4) is 0 Å². The van der Waals surface area contributed by atoms with Gasteiger partial charge in [0, 0.05) is 31.1 Å². The molecule has 12 heteroatoms. The summed E-state index contributed by atoms with van der Waals surface area (Å²) in [6.07, 6.45) is 13.3. The number of phosphoric acid groups is 1. The molecule has 0 bridgehead atoms. The van der Waals surface area contributed by atoms with Crippen LogP contribution in [0.2, 0.25) is 0 Å². The van der Waals surface area contributed by atoms with E-state index in [-0.39, 0.29) is 43.5 Å². The van der Waals surface area contributed by atoms with E-state index in [1.54, 1.807) is 12.2 Å². The molecule has 0 saturated heterocycles. The number of Topliss-reactive ketones (excluding diaryl/α,β-unsaturated/α-hetero) is 1. The Morgan fingerprint density at radius 2 is 1.51 bits per heavy atom. The van der Waals surface area contributed by atoms with Gasteiger partial charge in [0.05, 0.1) is 18.8 Å². The van der Waals surface area contributed by atoms with Crippen LogP contribution >= 0.6 is 7.82 Å². The zero-order chi connectivity index (χ0) is 32.1. The number of hydrogen-bond donors (Lipinski definition) is 4. The zero-order valence-corrected chi connectivity index (χ0v) is 27.0. The van der Waals surface area contributed by atoms with Gasteiger partial charge in [-0.3, -0.25) is 18.9 Å². The quantitative estimate of drug-likeness (QED) is 0.0443. The number of carbonyl (C=O) groups excluding carboxylic acids is 3. The Labute approximate surface area is 257 Å². The zero-order valence-electron chi connectivity index (χ0n) is 26.1. The number of aliphatic hydroxyl groups excluding tert-OH is 2. The molecular weight excluding hydrogens is 579 g/mol. The van der Waals surface area contributed by atoms with Crippen LogP contribution in [0.1, 0.15) is 123 Å². The first-order chi connectivity index (χ1) is 20.5. The Hall–Kier alpha value is -1.62. The maximum Gasteiger partial charge on any atom is 0.469 e. The predicted molar refractivity (Wildman–Crippen MR) is 162 cm³/mol. The van der Waals surface area contributed by atoms with Crippen molar-refractivity contribution in [2.24, 2.45) is 11.8 Å². The van der Waals surface area contributed by atoms with Gasteiger partial charge >= 0.3 is 19.8 Å². The van der Waals surface area contributed by atoms with E-state index in [0.29, 0.717) is 32.1 Å². The Kier molecular flexibility index (Phi) is 20.9. The van der Waals surface area contributed by atoms with Crippen LogP contribution in [0.25, 0.3) is 0 Å². The summed E-state index contributed by atoms with van der Waals surface area (Å²) in [5.74, 6) is -1.61. The molecule has 0 unspecified atom stereocenters. The van der Waals surface area contributed by atoms with Crippen LogP contribution in [0.5, 0.6) is 0 Å². The Bertz CT molecular complexity index is 872. The summed E-state index contributed by atoms with van der Waals surface area (Å²) in [5.41, 5.74) is 0. The van der Waals surface area contributed by atoms with Crippen molar-refractivity contribution in [3.63, 3.8) is 0 Å². The van der Waals surface area contributed by atoms with Crippen LogP contribution in [0.15, 0.2) is 12.2 Å². The minimum Gasteiger partial charge on any atom is -0.462 e. The molecule has 250 valence electrons. The second-order valence-electron chi connectivity index (χ2n) is 11.6. The van der Waals surface area contributed by atoms with Crippen molar-refractivity contribution in [2.45, 2.75) is 141 Å². The maximum atomic E-state index is 12.5. The second-order valence-corrected chi connectivity index (χ2v) is 12.8. The predicted octanol–water partition coefficient (Wildman–Crippen LogP) is 5.32. The minimum atomic E-state index is -4.80. The van der Waals surface area contributed by atoms with E-state index >= 15 is 0 Å². The molecule has 1 rings (SSSR count). The fourth-order valence-electron chi connectivity index (χ4n) is 5.21. The van der Waals surface area contributed by atoms with Gasteiger partial charge in [0.2, 0.25) is 0 Å². The number of phosphoric ester groups is 1. The van der Waals surface area contributed by atoms with E-state index in [1.807, 2.05) is 0 Å². The van der Waals surface area contributed by atoms with Crippen LogP contribution in [0, 0.1) is 11.8 Å². The van der Waals surface area contributed by atoms with Crippen molar-refractivity contribution in [1.82, 2.24) is 0 Å². The van der Waals surface area contributed by atoms with Crippen molar-refractivity contribution in [1.29, 1.82) is 0 Å². The first kappa shape index (κ1) is 39.4. The summed E-state index contributed by atoms with van der Waals surface area (Å²) in [5, 5.41) is 20.5. The molecule has 11 nitrogen and oxygen atoms in total. The first-order valence-electron chi connectivity index (χ1n) is 16.1. The molecule has 0 heterocycles. The summed E-state index contributed by atoms with van der Waals surface area (Å²) in [4.78, 5) is 54.8. The molecule has 0 amide bonds. The fourth-order valence-corrected chi connectivity index (χ4v) is 5.57. The van der Waals surface area contributed by atoms with E-state index < -0.39 is 44.7 Å². The lowest BCUT2D eigenvalue weighted by Gasteiger charge is -2.19. The number of rotatable bonds is 25. The van der Waals surface area contributed by atoms with E-state index in [0.717, 1.165) is 57.8 Å². The first-order valence-corrected chi connectivity index (χ1v) is 17.6. The second kappa shape index (κ2) is 22.8. The molecule has 5 atom stereocenters. The van der Waals surface area contributed by atoms with Crippen LogP contribution in [-0.4, -0.2) is 69.2 Å². The molecule has 1 fully saturated rings. The monoisotopic (exact) mass is 634 g/mol. The molecule has 0 aromatic rings. The molecule has 1 aliphatic rings. The van der Waals surface area contributed by atoms with Crippen LogP contribution in [0.4, 0.5) is 0 Å². The van der Waals surface area contributed by atoms with Crippen molar-refractivity contribution in [3.05, 3.63) is 12.2 Å². The smallest absolute Gasteiger partial charge is 0.462 e. The molecule has 43 heavy (non-hydrogen) atoms. The van der Waals surface area contributed by atoms with Gasteiger partial charge in [-0.1, -0.05) is 90.2 Å². The van der Waals surface area contributed by atoms with Crippen LogP contribution in [0.3, 0.4) is 0 Å².